The average Bonchev–Trinajstić information content (AvgIpc) is 2.61. The predicted octanol–water partition coefficient (Wildman–Crippen LogP) is 3.93. The van der Waals surface area contributed by atoms with Crippen molar-refractivity contribution in [2.75, 3.05) is 6.61 Å². The van der Waals surface area contributed by atoms with Gasteiger partial charge < -0.3 is 14.8 Å². The van der Waals surface area contributed by atoms with Gasteiger partial charge >= 0.3 is 5.97 Å². The molecule has 2 atom stereocenters. The Bertz CT molecular complexity index is 859. The van der Waals surface area contributed by atoms with Gasteiger partial charge in [-0.2, -0.15) is 0 Å². The molecule has 1 N–H and O–H groups in total. The second-order valence-corrected chi connectivity index (χ2v) is 7.16. The summed E-state index contributed by atoms with van der Waals surface area (Å²) in [4.78, 5) is 12.9. The molecular formula is C22H23NO3. The van der Waals surface area contributed by atoms with E-state index in [0.29, 0.717) is 25.0 Å². The Hall–Kier alpha value is -2.75. The first-order valence-electron chi connectivity index (χ1n) is 9.04. The lowest BCUT2D eigenvalue weighted by molar-refractivity contribution is -0.140. The van der Waals surface area contributed by atoms with E-state index < -0.39 is 5.72 Å². The van der Waals surface area contributed by atoms with Crippen LogP contribution < -0.4 is 10.1 Å². The van der Waals surface area contributed by atoms with Crippen LogP contribution in [-0.4, -0.2) is 18.3 Å². The summed E-state index contributed by atoms with van der Waals surface area (Å²) in [6.45, 7) is 4.33. The van der Waals surface area contributed by atoms with Crippen LogP contribution >= 0.6 is 0 Å². The number of esters is 1. The summed E-state index contributed by atoms with van der Waals surface area (Å²) in [7, 11) is 0. The molecule has 4 nitrogen and oxygen atoms in total. The molecule has 0 fully saturated rings. The zero-order chi connectivity index (χ0) is 18.1. The average molecular weight is 349 g/mol. The van der Waals surface area contributed by atoms with Crippen LogP contribution in [0.15, 0.2) is 65.9 Å². The molecule has 0 aliphatic carbocycles. The van der Waals surface area contributed by atoms with Crippen molar-refractivity contribution in [3.05, 3.63) is 77.0 Å². The normalized spacial score (nSPS) is 23.5. The summed E-state index contributed by atoms with van der Waals surface area (Å²) in [6.07, 6.45) is 1.43. The third-order valence-electron chi connectivity index (χ3n) is 5.11. The van der Waals surface area contributed by atoms with Crippen LogP contribution in [0.1, 0.15) is 37.3 Å². The fourth-order valence-corrected chi connectivity index (χ4v) is 3.98. The van der Waals surface area contributed by atoms with E-state index in [4.69, 9.17) is 9.47 Å². The maximum absolute atomic E-state index is 12.9. The van der Waals surface area contributed by atoms with E-state index in [9.17, 15) is 4.79 Å². The first-order chi connectivity index (χ1) is 12.6. The third kappa shape index (κ3) is 3.07. The lowest BCUT2D eigenvalue weighted by Crippen LogP contribution is -2.54. The van der Waals surface area contributed by atoms with Gasteiger partial charge in [0, 0.05) is 30.0 Å². The third-order valence-corrected chi connectivity index (χ3v) is 5.11. The molecule has 2 aromatic carbocycles. The molecule has 26 heavy (non-hydrogen) atoms. The highest BCUT2D eigenvalue weighted by Crippen LogP contribution is 2.47. The first kappa shape index (κ1) is 16.7. The Labute approximate surface area is 153 Å². The van der Waals surface area contributed by atoms with E-state index in [-0.39, 0.29) is 11.9 Å². The fourth-order valence-electron chi connectivity index (χ4n) is 3.98. The number of ether oxygens (including phenoxy) is 2. The smallest absolute Gasteiger partial charge is 0.336 e. The number of carbonyl (C=O) groups excluding carboxylic acids is 1. The SMILES string of the molecule is CC1=C(C(=O)OCCc2ccccc2)[C@H]2C[C@](C)(N1)Oc1ccccc12. The van der Waals surface area contributed by atoms with Crippen molar-refractivity contribution in [1.29, 1.82) is 0 Å². The summed E-state index contributed by atoms with van der Waals surface area (Å²) in [5.41, 5.74) is 3.28. The quantitative estimate of drug-likeness (QED) is 0.850. The number of rotatable bonds is 4. The van der Waals surface area contributed by atoms with Crippen LogP contribution in [0.3, 0.4) is 0 Å². The molecule has 0 saturated heterocycles. The molecular weight excluding hydrogens is 326 g/mol. The lowest BCUT2D eigenvalue weighted by atomic mass is 9.78. The van der Waals surface area contributed by atoms with Gasteiger partial charge in [-0.1, -0.05) is 48.5 Å². The molecule has 0 unspecified atom stereocenters. The van der Waals surface area contributed by atoms with Crippen LogP contribution in [0.4, 0.5) is 0 Å². The number of hydrogen-bond donors (Lipinski definition) is 1. The number of benzene rings is 2. The largest absolute Gasteiger partial charge is 0.468 e. The highest BCUT2D eigenvalue weighted by atomic mass is 16.5. The van der Waals surface area contributed by atoms with E-state index in [1.165, 1.54) is 0 Å². The van der Waals surface area contributed by atoms with Crippen LogP contribution in [0, 0.1) is 0 Å². The van der Waals surface area contributed by atoms with Crippen LogP contribution in [-0.2, 0) is 16.0 Å². The van der Waals surface area contributed by atoms with Crippen molar-refractivity contribution in [2.45, 2.75) is 38.3 Å². The van der Waals surface area contributed by atoms with Gasteiger partial charge in [0.2, 0.25) is 0 Å². The molecule has 0 saturated carbocycles. The van der Waals surface area contributed by atoms with Gasteiger partial charge in [-0.25, -0.2) is 4.79 Å². The summed E-state index contributed by atoms with van der Waals surface area (Å²) in [5, 5.41) is 3.36. The Kier molecular flexibility index (Phi) is 4.19. The minimum Gasteiger partial charge on any atom is -0.468 e. The number of fused-ring (bicyclic) bond motifs is 4. The summed E-state index contributed by atoms with van der Waals surface area (Å²) >= 11 is 0. The molecule has 4 rings (SSSR count). The second-order valence-electron chi connectivity index (χ2n) is 7.16. The molecule has 0 amide bonds. The molecule has 0 aromatic heterocycles. The van der Waals surface area contributed by atoms with E-state index in [1.54, 1.807) is 0 Å². The molecule has 134 valence electrons. The molecule has 0 radical (unpaired) electrons. The number of nitrogens with one attached hydrogen (secondary N) is 1. The van der Waals surface area contributed by atoms with Crippen molar-refractivity contribution >= 4 is 5.97 Å². The topological polar surface area (TPSA) is 47.6 Å². The minimum absolute atomic E-state index is 0.00424. The fraction of sp³-hybridized carbons (Fsp3) is 0.318. The Morgan fingerprint density at radius 1 is 1.19 bits per heavy atom. The molecule has 4 heteroatoms. The van der Waals surface area contributed by atoms with Gasteiger partial charge in [-0.05, 0) is 25.5 Å². The van der Waals surface area contributed by atoms with Gasteiger partial charge in [0.1, 0.15) is 5.75 Å². The summed E-state index contributed by atoms with van der Waals surface area (Å²) in [6, 6.07) is 18.0. The molecule has 2 aliphatic rings. The zero-order valence-electron chi connectivity index (χ0n) is 15.1. The number of carbonyl (C=O) groups is 1. The number of allylic oxidation sites excluding steroid dienone is 1. The van der Waals surface area contributed by atoms with Gasteiger partial charge in [0.05, 0.1) is 12.2 Å². The summed E-state index contributed by atoms with van der Waals surface area (Å²) in [5.74, 6) is 0.589. The number of para-hydroxylation sites is 1. The highest BCUT2D eigenvalue weighted by Gasteiger charge is 2.45. The first-order valence-corrected chi connectivity index (χ1v) is 9.04. The second kappa shape index (κ2) is 6.52. The van der Waals surface area contributed by atoms with E-state index in [0.717, 1.165) is 22.6 Å². The van der Waals surface area contributed by atoms with Crippen molar-refractivity contribution in [3.63, 3.8) is 0 Å². The molecule has 2 bridgehead atoms. The van der Waals surface area contributed by atoms with Crippen molar-refractivity contribution in [3.8, 4) is 5.75 Å². The molecule has 2 aromatic rings. The van der Waals surface area contributed by atoms with Crippen molar-refractivity contribution in [1.82, 2.24) is 5.32 Å². The predicted molar refractivity (Wildman–Crippen MR) is 99.8 cm³/mol. The Balaban J connectivity index is 1.54. The van der Waals surface area contributed by atoms with E-state index in [1.807, 2.05) is 68.4 Å². The lowest BCUT2D eigenvalue weighted by Gasteiger charge is -2.45. The van der Waals surface area contributed by atoms with Crippen LogP contribution in [0.2, 0.25) is 0 Å². The van der Waals surface area contributed by atoms with Gasteiger partial charge in [-0.15, -0.1) is 0 Å². The van der Waals surface area contributed by atoms with Crippen molar-refractivity contribution < 1.29 is 14.3 Å². The van der Waals surface area contributed by atoms with Crippen LogP contribution in [0.25, 0.3) is 0 Å². The Morgan fingerprint density at radius 2 is 1.92 bits per heavy atom. The zero-order valence-corrected chi connectivity index (χ0v) is 15.1. The van der Waals surface area contributed by atoms with Gasteiger partial charge in [-0.3, -0.25) is 0 Å². The molecule has 2 heterocycles. The minimum atomic E-state index is -0.489. The Morgan fingerprint density at radius 3 is 2.73 bits per heavy atom. The standard InChI is InChI=1S/C22H23NO3/c1-15-20(21(24)25-13-12-16-8-4-3-5-9-16)18-14-22(2,23-15)26-19-11-7-6-10-17(18)19/h3-11,18,23H,12-14H2,1-2H3/t18-,22+/m0/s1. The highest BCUT2D eigenvalue weighted by molar-refractivity contribution is 5.91. The van der Waals surface area contributed by atoms with Gasteiger partial charge in [0.15, 0.2) is 5.72 Å². The maximum atomic E-state index is 12.9. The van der Waals surface area contributed by atoms with E-state index >= 15 is 0 Å². The maximum Gasteiger partial charge on any atom is 0.336 e. The molecule has 0 spiro atoms. The number of hydrogen-bond acceptors (Lipinski definition) is 4. The van der Waals surface area contributed by atoms with Crippen LogP contribution in [0.5, 0.6) is 5.75 Å². The molecule has 2 aliphatic heterocycles. The van der Waals surface area contributed by atoms with Gasteiger partial charge in [0.25, 0.3) is 0 Å². The van der Waals surface area contributed by atoms with E-state index in [2.05, 4.69) is 5.32 Å². The summed E-state index contributed by atoms with van der Waals surface area (Å²) < 4.78 is 11.7. The monoisotopic (exact) mass is 349 g/mol. The van der Waals surface area contributed by atoms with Crippen molar-refractivity contribution in [2.24, 2.45) is 0 Å².